The highest BCUT2D eigenvalue weighted by Crippen LogP contribution is 2.31. The number of aromatic nitrogens is 3. The van der Waals surface area contributed by atoms with E-state index in [0.29, 0.717) is 16.5 Å². The molecule has 26 heavy (non-hydrogen) atoms. The summed E-state index contributed by atoms with van der Waals surface area (Å²) in [6.45, 7) is 0. The van der Waals surface area contributed by atoms with Crippen molar-refractivity contribution in [3.63, 3.8) is 0 Å². The third kappa shape index (κ3) is 3.23. The third-order valence-corrected chi connectivity index (χ3v) is 5.66. The summed E-state index contributed by atoms with van der Waals surface area (Å²) in [6, 6.07) is 17.2. The van der Waals surface area contributed by atoms with Gasteiger partial charge in [-0.2, -0.15) is 0 Å². The Hall–Kier alpha value is -2.64. The number of hydrogen-bond donors (Lipinski definition) is 0. The van der Waals surface area contributed by atoms with Crippen LogP contribution < -0.4 is 4.74 Å². The standard InChI is InChI=1S/C19H15N3O2S2/c1-24-15-9-5-8-14(10-15)16-11-25-18-20-21-19(22(16)18)26-12-17(23)13-6-3-2-4-7-13/h2-11H,12H2,1H3. The number of ketones is 1. The molecule has 0 N–H and O–H groups in total. The van der Waals surface area contributed by atoms with E-state index in [9.17, 15) is 4.79 Å². The maximum Gasteiger partial charge on any atom is 0.217 e. The number of methoxy groups -OCH3 is 1. The van der Waals surface area contributed by atoms with Crippen LogP contribution in [0, 0.1) is 0 Å². The summed E-state index contributed by atoms with van der Waals surface area (Å²) < 4.78 is 7.31. The van der Waals surface area contributed by atoms with Crippen molar-refractivity contribution in [2.75, 3.05) is 12.9 Å². The highest BCUT2D eigenvalue weighted by atomic mass is 32.2. The number of fused-ring (bicyclic) bond motifs is 1. The minimum Gasteiger partial charge on any atom is -0.497 e. The molecule has 0 radical (unpaired) electrons. The number of Topliss-reactive ketones (excluding diaryl/α,β-unsaturated/α-hetero) is 1. The van der Waals surface area contributed by atoms with E-state index in [1.807, 2.05) is 64.4 Å². The summed E-state index contributed by atoms with van der Waals surface area (Å²) >= 11 is 2.92. The van der Waals surface area contributed by atoms with Gasteiger partial charge in [0.2, 0.25) is 4.96 Å². The average molecular weight is 381 g/mol. The second kappa shape index (κ2) is 7.31. The van der Waals surface area contributed by atoms with E-state index in [0.717, 1.165) is 22.0 Å². The molecule has 0 aliphatic carbocycles. The SMILES string of the molecule is COc1cccc(-c2csc3nnc(SCC(=O)c4ccccc4)n23)c1. The van der Waals surface area contributed by atoms with Crippen molar-refractivity contribution in [1.29, 1.82) is 0 Å². The predicted molar refractivity (Wildman–Crippen MR) is 104 cm³/mol. The van der Waals surface area contributed by atoms with E-state index < -0.39 is 0 Å². The van der Waals surface area contributed by atoms with Crippen molar-refractivity contribution < 1.29 is 9.53 Å². The van der Waals surface area contributed by atoms with Crippen LogP contribution in [-0.2, 0) is 0 Å². The molecule has 0 amide bonds. The molecule has 130 valence electrons. The van der Waals surface area contributed by atoms with Crippen molar-refractivity contribution in [2.45, 2.75) is 5.16 Å². The molecule has 2 heterocycles. The van der Waals surface area contributed by atoms with Gasteiger partial charge in [-0.25, -0.2) is 0 Å². The Balaban J connectivity index is 1.62. The average Bonchev–Trinajstić information content (AvgIpc) is 3.29. The number of thiazole rings is 1. The van der Waals surface area contributed by atoms with Gasteiger partial charge in [0.1, 0.15) is 5.75 Å². The highest BCUT2D eigenvalue weighted by Gasteiger charge is 2.16. The molecule has 0 atom stereocenters. The van der Waals surface area contributed by atoms with Crippen LogP contribution in [0.5, 0.6) is 5.75 Å². The number of thioether (sulfide) groups is 1. The monoisotopic (exact) mass is 381 g/mol. The second-order valence-electron chi connectivity index (χ2n) is 5.53. The fourth-order valence-corrected chi connectivity index (χ4v) is 4.34. The number of carbonyl (C=O) groups excluding carboxylic acids is 1. The first kappa shape index (κ1) is 16.8. The molecule has 7 heteroatoms. The highest BCUT2D eigenvalue weighted by molar-refractivity contribution is 7.99. The largest absolute Gasteiger partial charge is 0.497 e. The summed E-state index contributed by atoms with van der Waals surface area (Å²) in [5.41, 5.74) is 2.72. The van der Waals surface area contributed by atoms with Gasteiger partial charge in [0, 0.05) is 16.5 Å². The van der Waals surface area contributed by atoms with Gasteiger partial charge in [0.25, 0.3) is 0 Å². The van der Waals surface area contributed by atoms with E-state index in [1.54, 1.807) is 7.11 Å². The molecule has 2 aromatic carbocycles. The van der Waals surface area contributed by atoms with Gasteiger partial charge in [-0.1, -0.05) is 54.2 Å². The van der Waals surface area contributed by atoms with Crippen LogP contribution >= 0.6 is 23.1 Å². The molecule has 0 bridgehead atoms. The quantitative estimate of drug-likeness (QED) is 0.365. The van der Waals surface area contributed by atoms with Crippen molar-refractivity contribution >= 4 is 33.8 Å². The molecular weight excluding hydrogens is 366 g/mol. The number of hydrogen-bond acceptors (Lipinski definition) is 6. The van der Waals surface area contributed by atoms with E-state index in [2.05, 4.69) is 10.2 Å². The molecule has 0 saturated carbocycles. The maximum atomic E-state index is 12.4. The van der Waals surface area contributed by atoms with Gasteiger partial charge < -0.3 is 4.74 Å². The minimum absolute atomic E-state index is 0.0745. The summed E-state index contributed by atoms with van der Waals surface area (Å²) in [4.78, 5) is 13.2. The topological polar surface area (TPSA) is 56.5 Å². The van der Waals surface area contributed by atoms with Crippen LogP contribution in [0.4, 0.5) is 0 Å². The first-order valence-electron chi connectivity index (χ1n) is 7.94. The predicted octanol–water partition coefficient (Wildman–Crippen LogP) is 4.44. The maximum absolute atomic E-state index is 12.4. The Labute approximate surface area is 158 Å². The minimum atomic E-state index is 0.0745. The van der Waals surface area contributed by atoms with Gasteiger partial charge >= 0.3 is 0 Å². The normalized spacial score (nSPS) is 11.0. The molecule has 0 saturated heterocycles. The smallest absolute Gasteiger partial charge is 0.217 e. The van der Waals surface area contributed by atoms with Gasteiger partial charge in [0.15, 0.2) is 10.9 Å². The Bertz CT molecular complexity index is 1060. The number of nitrogens with zero attached hydrogens (tertiary/aromatic N) is 3. The molecule has 0 unspecified atom stereocenters. The molecule has 0 spiro atoms. The molecule has 0 aliphatic heterocycles. The molecule has 4 rings (SSSR count). The number of benzene rings is 2. The van der Waals surface area contributed by atoms with Crippen LogP contribution in [0.2, 0.25) is 0 Å². The molecular formula is C19H15N3O2S2. The van der Waals surface area contributed by atoms with Gasteiger partial charge in [-0.05, 0) is 12.1 Å². The molecule has 2 aromatic heterocycles. The Morgan fingerprint density at radius 2 is 2.00 bits per heavy atom. The van der Waals surface area contributed by atoms with Crippen molar-refractivity contribution in [3.8, 4) is 17.0 Å². The zero-order chi connectivity index (χ0) is 17.9. The van der Waals surface area contributed by atoms with Crippen molar-refractivity contribution in [1.82, 2.24) is 14.6 Å². The third-order valence-electron chi connectivity index (χ3n) is 3.91. The lowest BCUT2D eigenvalue weighted by Crippen LogP contribution is -2.02. The lowest BCUT2D eigenvalue weighted by molar-refractivity contribution is 0.102. The first-order valence-corrected chi connectivity index (χ1v) is 9.81. The van der Waals surface area contributed by atoms with Gasteiger partial charge in [-0.3, -0.25) is 9.20 Å². The van der Waals surface area contributed by atoms with Crippen LogP contribution in [0.25, 0.3) is 16.2 Å². The number of rotatable bonds is 6. The Morgan fingerprint density at radius 1 is 1.15 bits per heavy atom. The van der Waals surface area contributed by atoms with Crippen molar-refractivity contribution in [3.05, 3.63) is 65.5 Å². The second-order valence-corrected chi connectivity index (χ2v) is 7.31. The van der Waals surface area contributed by atoms with Crippen LogP contribution in [0.15, 0.2) is 65.1 Å². The van der Waals surface area contributed by atoms with Crippen LogP contribution in [0.3, 0.4) is 0 Å². The lowest BCUT2D eigenvalue weighted by atomic mass is 10.1. The fraction of sp³-hybridized carbons (Fsp3) is 0.105. The van der Waals surface area contributed by atoms with Crippen molar-refractivity contribution in [2.24, 2.45) is 0 Å². The summed E-state index contributed by atoms with van der Waals surface area (Å²) in [5, 5.41) is 11.2. The summed E-state index contributed by atoms with van der Waals surface area (Å²) in [6.07, 6.45) is 0. The van der Waals surface area contributed by atoms with Crippen LogP contribution in [-0.4, -0.2) is 33.2 Å². The molecule has 0 fully saturated rings. The van der Waals surface area contributed by atoms with Crippen LogP contribution in [0.1, 0.15) is 10.4 Å². The zero-order valence-corrected chi connectivity index (χ0v) is 15.6. The lowest BCUT2D eigenvalue weighted by Gasteiger charge is -2.05. The summed E-state index contributed by atoms with van der Waals surface area (Å²) in [7, 11) is 1.65. The fourth-order valence-electron chi connectivity index (χ4n) is 2.61. The van der Waals surface area contributed by atoms with E-state index in [-0.39, 0.29) is 5.78 Å². The summed E-state index contributed by atoms with van der Waals surface area (Å²) in [5.74, 6) is 1.19. The van der Waals surface area contributed by atoms with E-state index in [1.165, 1.54) is 23.1 Å². The zero-order valence-electron chi connectivity index (χ0n) is 14.0. The van der Waals surface area contributed by atoms with Gasteiger partial charge in [0.05, 0.1) is 18.6 Å². The molecule has 5 nitrogen and oxygen atoms in total. The van der Waals surface area contributed by atoms with E-state index in [4.69, 9.17) is 4.74 Å². The number of carbonyl (C=O) groups is 1. The van der Waals surface area contributed by atoms with Gasteiger partial charge in [-0.15, -0.1) is 21.5 Å². The number of ether oxygens (including phenoxy) is 1. The van der Waals surface area contributed by atoms with E-state index >= 15 is 0 Å². The first-order chi connectivity index (χ1) is 12.8. The Morgan fingerprint density at radius 3 is 2.81 bits per heavy atom. The molecule has 0 aliphatic rings. The Kier molecular flexibility index (Phi) is 4.73. The molecule has 4 aromatic rings.